The number of nitrogens with one attached hydrogen (secondary N) is 1. The summed E-state index contributed by atoms with van der Waals surface area (Å²) in [6, 6.07) is 10.9. The summed E-state index contributed by atoms with van der Waals surface area (Å²) in [6.07, 6.45) is 1.53. The summed E-state index contributed by atoms with van der Waals surface area (Å²) in [4.78, 5) is 30.5. The predicted octanol–water partition coefficient (Wildman–Crippen LogP) is 3.94. The lowest BCUT2D eigenvalue weighted by molar-refractivity contribution is -0.113. The Labute approximate surface area is 191 Å². The number of amides is 1. The molecule has 33 heavy (non-hydrogen) atoms. The molecule has 10 heteroatoms. The standard InChI is InChI=1S/C23H18FN3O5S/c1-13-7-14(24)4-5-17(13)25-21(28)11-33-23-26-18-9-20-19(31-12-32-20)8-16(18)22(29)27(23)10-15-3-2-6-30-15/h2-9H,10-12H2,1H3,(H,25,28). The van der Waals surface area contributed by atoms with Crippen LogP contribution in [-0.2, 0) is 11.3 Å². The minimum Gasteiger partial charge on any atom is -0.467 e. The molecular weight excluding hydrogens is 449 g/mol. The summed E-state index contributed by atoms with van der Waals surface area (Å²) < 4.78 is 31.0. The van der Waals surface area contributed by atoms with E-state index in [1.165, 1.54) is 29.0 Å². The maximum atomic E-state index is 13.3. The van der Waals surface area contributed by atoms with Crippen LogP contribution in [0.2, 0.25) is 0 Å². The number of ether oxygens (including phenoxy) is 2. The van der Waals surface area contributed by atoms with E-state index in [-0.39, 0.29) is 36.4 Å². The van der Waals surface area contributed by atoms with Crippen LogP contribution in [0.15, 0.2) is 63.1 Å². The van der Waals surface area contributed by atoms with Gasteiger partial charge in [0.1, 0.15) is 11.6 Å². The summed E-state index contributed by atoms with van der Waals surface area (Å²) >= 11 is 1.12. The zero-order valence-electron chi connectivity index (χ0n) is 17.5. The number of furan rings is 1. The number of rotatable bonds is 6. The van der Waals surface area contributed by atoms with Gasteiger partial charge in [-0.15, -0.1) is 0 Å². The zero-order chi connectivity index (χ0) is 22.9. The summed E-state index contributed by atoms with van der Waals surface area (Å²) in [5.41, 5.74) is 1.29. The Bertz CT molecular complexity index is 1420. The molecule has 5 rings (SSSR count). The average Bonchev–Trinajstić information content (AvgIpc) is 3.47. The van der Waals surface area contributed by atoms with E-state index in [1.807, 2.05) is 0 Å². The number of aromatic nitrogens is 2. The Kier molecular flexibility index (Phi) is 5.51. The normalized spacial score (nSPS) is 12.3. The molecule has 1 N–H and O–H groups in total. The third kappa shape index (κ3) is 4.29. The van der Waals surface area contributed by atoms with E-state index in [4.69, 9.17) is 13.9 Å². The minimum absolute atomic E-state index is 0.00251. The fourth-order valence-electron chi connectivity index (χ4n) is 3.48. The summed E-state index contributed by atoms with van der Waals surface area (Å²) in [5.74, 6) is 0.894. The molecule has 0 unspecified atom stereocenters. The molecule has 2 aromatic heterocycles. The van der Waals surface area contributed by atoms with Gasteiger partial charge in [0, 0.05) is 11.8 Å². The van der Waals surface area contributed by atoms with Crippen LogP contribution in [0.4, 0.5) is 10.1 Å². The van der Waals surface area contributed by atoms with Gasteiger partial charge >= 0.3 is 0 Å². The van der Waals surface area contributed by atoms with E-state index in [0.29, 0.717) is 44.6 Å². The van der Waals surface area contributed by atoms with Crippen molar-refractivity contribution in [3.63, 3.8) is 0 Å². The second-order valence-corrected chi connectivity index (χ2v) is 8.33. The van der Waals surface area contributed by atoms with Crippen molar-refractivity contribution in [3.05, 3.63) is 76.2 Å². The van der Waals surface area contributed by atoms with Crippen molar-refractivity contribution in [2.24, 2.45) is 0 Å². The third-order valence-electron chi connectivity index (χ3n) is 5.10. The van der Waals surface area contributed by atoms with Crippen LogP contribution in [-0.4, -0.2) is 28.0 Å². The molecule has 0 atom stereocenters. The van der Waals surface area contributed by atoms with Gasteiger partial charge in [-0.1, -0.05) is 11.8 Å². The molecule has 0 saturated heterocycles. The second-order valence-electron chi connectivity index (χ2n) is 7.38. The Morgan fingerprint density at radius 1 is 1.21 bits per heavy atom. The van der Waals surface area contributed by atoms with E-state index >= 15 is 0 Å². The predicted molar refractivity (Wildman–Crippen MR) is 120 cm³/mol. The molecule has 8 nitrogen and oxygen atoms in total. The molecule has 4 aromatic rings. The highest BCUT2D eigenvalue weighted by molar-refractivity contribution is 7.99. The molecule has 3 heterocycles. The van der Waals surface area contributed by atoms with Gasteiger partial charge in [0.05, 0.1) is 29.5 Å². The number of aryl methyl sites for hydroxylation is 1. The number of hydrogen-bond donors (Lipinski definition) is 1. The zero-order valence-corrected chi connectivity index (χ0v) is 18.3. The van der Waals surface area contributed by atoms with E-state index in [1.54, 1.807) is 31.2 Å². The fraction of sp³-hybridized carbons (Fsp3) is 0.174. The van der Waals surface area contributed by atoms with Crippen LogP contribution >= 0.6 is 11.8 Å². The largest absolute Gasteiger partial charge is 0.467 e. The molecule has 2 aromatic carbocycles. The van der Waals surface area contributed by atoms with Crippen LogP contribution in [0.3, 0.4) is 0 Å². The fourth-order valence-corrected chi connectivity index (χ4v) is 4.28. The Morgan fingerprint density at radius 2 is 2.03 bits per heavy atom. The quantitative estimate of drug-likeness (QED) is 0.339. The van der Waals surface area contributed by atoms with Gasteiger partial charge in [0.2, 0.25) is 12.7 Å². The molecule has 168 valence electrons. The van der Waals surface area contributed by atoms with Crippen molar-refractivity contribution in [2.75, 3.05) is 17.9 Å². The first-order chi connectivity index (χ1) is 16.0. The van der Waals surface area contributed by atoms with Crippen molar-refractivity contribution >= 4 is 34.3 Å². The molecule has 0 radical (unpaired) electrons. The SMILES string of the molecule is Cc1cc(F)ccc1NC(=O)CSc1nc2cc3c(cc2c(=O)n1Cc1ccco1)OCO3. The van der Waals surface area contributed by atoms with Crippen molar-refractivity contribution < 1.29 is 23.1 Å². The van der Waals surface area contributed by atoms with E-state index in [0.717, 1.165) is 11.8 Å². The molecule has 0 aliphatic carbocycles. The highest BCUT2D eigenvalue weighted by atomic mass is 32.2. The van der Waals surface area contributed by atoms with Crippen molar-refractivity contribution in [1.82, 2.24) is 9.55 Å². The molecule has 1 aliphatic heterocycles. The summed E-state index contributed by atoms with van der Waals surface area (Å²) in [5, 5.41) is 3.49. The van der Waals surface area contributed by atoms with Crippen LogP contribution in [0.25, 0.3) is 10.9 Å². The van der Waals surface area contributed by atoms with Crippen LogP contribution in [0, 0.1) is 12.7 Å². The first kappa shape index (κ1) is 21.1. The maximum absolute atomic E-state index is 13.3. The lowest BCUT2D eigenvalue weighted by atomic mass is 10.2. The third-order valence-corrected chi connectivity index (χ3v) is 6.08. The first-order valence-corrected chi connectivity index (χ1v) is 11.0. The molecule has 0 fully saturated rings. The number of carbonyl (C=O) groups is 1. The smallest absolute Gasteiger partial charge is 0.262 e. The van der Waals surface area contributed by atoms with Gasteiger partial charge < -0.3 is 19.2 Å². The number of hydrogen-bond acceptors (Lipinski definition) is 7. The maximum Gasteiger partial charge on any atom is 0.262 e. The van der Waals surface area contributed by atoms with Gasteiger partial charge in [0.15, 0.2) is 16.7 Å². The molecule has 1 amide bonds. The van der Waals surface area contributed by atoms with Gasteiger partial charge in [-0.05, 0) is 48.9 Å². The highest BCUT2D eigenvalue weighted by Crippen LogP contribution is 2.35. The van der Waals surface area contributed by atoms with Gasteiger partial charge in [-0.3, -0.25) is 14.2 Å². The molecular formula is C23H18FN3O5S. The van der Waals surface area contributed by atoms with Crippen LogP contribution in [0.5, 0.6) is 11.5 Å². The number of anilines is 1. The average molecular weight is 467 g/mol. The van der Waals surface area contributed by atoms with Crippen molar-refractivity contribution in [3.8, 4) is 11.5 Å². The van der Waals surface area contributed by atoms with Gasteiger partial charge in [-0.25, -0.2) is 9.37 Å². The van der Waals surface area contributed by atoms with E-state index < -0.39 is 0 Å². The number of halogens is 1. The monoisotopic (exact) mass is 467 g/mol. The number of benzene rings is 2. The highest BCUT2D eigenvalue weighted by Gasteiger charge is 2.20. The molecule has 0 bridgehead atoms. The van der Waals surface area contributed by atoms with Crippen LogP contribution in [0.1, 0.15) is 11.3 Å². The van der Waals surface area contributed by atoms with Crippen molar-refractivity contribution in [1.29, 1.82) is 0 Å². The summed E-state index contributed by atoms with van der Waals surface area (Å²) in [7, 11) is 0. The van der Waals surface area contributed by atoms with Crippen molar-refractivity contribution in [2.45, 2.75) is 18.6 Å². The Morgan fingerprint density at radius 3 is 2.79 bits per heavy atom. The molecule has 1 aliphatic rings. The number of fused-ring (bicyclic) bond motifs is 2. The lowest BCUT2D eigenvalue weighted by Gasteiger charge is -2.13. The number of thioether (sulfide) groups is 1. The Balaban J connectivity index is 1.45. The molecule has 0 spiro atoms. The first-order valence-electron chi connectivity index (χ1n) is 10.0. The number of carbonyl (C=O) groups excluding carboxylic acids is 1. The van der Waals surface area contributed by atoms with E-state index in [9.17, 15) is 14.0 Å². The summed E-state index contributed by atoms with van der Waals surface area (Å²) in [6.45, 7) is 1.95. The van der Waals surface area contributed by atoms with E-state index in [2.05, 4.69) is 10.3 Å². The second kappa shape index (κ2) is 8.62. The van der Waals surface area contributed by atoms with Crippen LogP contribution < -0.4 is 20.3 Å². The topological polar surface area (TPSA) is 95.6 Å². The minimum atomic E-state index is -0.372. The Hall–Kier alpha value is -3.79. The molecule has 0 saturated carbocycles. The lowest BCUT2D eigenvalue weighted by Crippen LogP contribution is -2.24. The van der Waals surface area contributed by atoms with Gasteiger partial charge in [0.25, 0.3) is 5.56 Å². The number of nitrogens with zero attached hydrogens (tertiary/aromatic N) is 2. The van der Waals surface area contributed by atoms with Gasteiger partial charge in [-0.2, -0.15) is 0 Å².